The van der Waals surface area contributed by atoms with Crippen LogP contribution in [0.1, 0.15) is 37.6 Å². The van der Waals surface area contributed by atoms with Crippen molar-refractivity contribution in [2.75, 3.05) is 6.54 Å². The SMILES string of the molecule is Cc1oc(-c2cccs2)nc1CN1C(C)CCCC1CN. The number of aryl methyl sites for hydroxylation is 1. The second-order valence-corrected chi connectivity index (χ2v) is 6.79. The van der Waals surface area contributed by atoms with Gasteiger partial charge in [0.2, 0.25) is 5.89 Å². The highest BCUT2D eigenvalue weighted by atomic mass is 32.1. The monoisotopic (exact) mass is 305 g/mol. The molecule has 0 aromatic carbocycles. The van der Waals surface area contributed by atoms with Crippen molar-refractivity contribution in [3.05, 3.63) is 29.0 Å². The molecule has 0 aliphatic carbocycles. The van der Waals surface area contributed by atoms with Gasteiger partial charge in [0.15, 0.2) is 0 Å². The third kappa shape index (κ3) is 3.05. The van der Waals surface area contributed by atoms with E-state index >= 15 is 0 Å². The van der Waals surface area contributed by atoms with Crippen LogP contribution in [0.4, 0.5) is 0 Å². The fourth-order valence-electron chi connectivity index (χ4n) is 3.13. The summed E-state index contributed by atoms with van der Waals surface area (Å²) in [6.07, 6.45) is 3.71. The molecule has 2 N–H and O–H groups in total. The van der Waals surface area contributed by atoms with E-state index in [0.717, 1.165) is 35.3 Å². The van der Waals surface area contributed by atoms with Crippen molar-refractivity contribution in [1.29, 1.82) is 0 Å². The molecule has 4 nitrogen and oxygen atoms in total. The summed E-state index contributed by atoms with van der Waals surface area (Å²) >= 11 is 1.66. The van der Waals surface area contributed by atoms with E-state index < -0.39 is 0 Å². The van der Waals surface area contributed by atoms with E-state index in [2.05, 4.69) is 11.8 Å². The largest absolute Gasteiger partial charge is 0.440 e. The van der Waals surface area contributed by atoms with Crippen LogP contribution >= 0.6 is 11.3 Å². The van der Waals surface area contributed by atoms with E-state index in [1.165, 1.54) is 19.3 Å². The van der Waals surface area contributed by atoms with Gasteiger partial charge in [0, 0.05) is 25.2 Å². The minimum Gasteiger partial charge on any atom is -0.440 e. The number of hydrogen-bond donors (Lipinski definition) is 1. The van der Waals surface area contributed by atoms with Gasteiger partial charge in [-0.2, -0.15) is 0 Å². The van der Waals surface area contributed by atoms with E-state index in [4.69, 9.17) is 15.1 Å². The average Bonchev–Trinajstić information content (AvgIpc) is 3.11. The molecule has 0 amide bonds. The van der Waals surface area contributed by atoms with Gasteiger partial charge in [-0.1, -0.05) is 12.5 Å². The Labute approximate surface area is 130 Å². The molecule has 1 aliphatic heterocycles. The number of likely N-dealkylation sites (tertiary alicyclic amines) is 1. The Morgan fingerprint density at radius 2 is 2.33 bits per heavy atom. The third-order valence-electron chi connectivity index (χ3n) is 4.42. The molecule has 0 radical (unpaired) electrons. The molecular formula is C16H23N3OS. The van der Waals surface area contributed by atoms with Gasteiger partial charge in [-0.05, 0) is 38.1 Å². The van der Waals surface area contributed by atoms with Crippen LogP contribution < -0.4 is 5.73 Å². The lowest BCUT2D eigenvalue weighted by Crippen LogP contribution is -2.48. The first kappa shape index (κ1) is 14.8. The Bertz CT molecular complexity index is 578. The molecule has 1 fully saturated rings. The lowest BCUT2D eigenvalue weighted by Gasteiger charge is -2.39. The van der Waals surface area contributed by atoms with Gasteiger partial charge in [-0.25, -0.2) is 4.98 Å². The van der Waals surface area contributed by atoms with E-state index in [-0.39, 0.29) is 0 Å². The van der Waals surface area contributed by atoms with Gasteiger partial charge in [0.05, 0.1) is 10.6 Å². The summed E-state index contributed by atoms with van der Waals surface area (Å²) in [7, 11) is 0. The fourth-order valence-corrected chi connectivity index (χ4v) is 3.78. The van der Waals surface area contributed by atoms with Crippen molar-refractivity contribution >= 4 is 11.3 Å². The predicted octanol–water partition coefficient (Wildman–Crippen LogP) is 3.41. The molecule has 1 saturated heterocycles. The third-order valence-corrected chi connectivity index (χ3v) is 5.28. The molecule has 21 heavy (non-hydrogen) atoms. The van der Waals surface area contributed by atoms with Gasteiger partial charge in [-0.3, -0.25) is 4.90 Å². The molecule has 2 aromatic heterocycles. The normalized spacial score (nSPS) is 23.6. The summed E-state index contributed by atoms with van der Waals surface area (Å²) in [5.41, 5.74) is 6.99. The maximum absolute atomic E-state index is 5.95. The summed E-state index contributed by atoms with van der Waals surface area (Å²) in [5.74, 6) is 1.67. The zero-order chi connectivity index (χ0) is 14.8. The van der Waals surface area contributed by atoms with Gasteiger partial charge < -0.3 is 10.2 Å². The van der Waals surface area contributed by atoms with Crippen LogP contribution in [0.15, 0.2) is 21.9 Å². The van der Waals surface area contributed by atoms with Gasteiger partial charge >= 0.3 is 0 Å². The summed E-state index contributed by atoms with van der Waals surface area (Å²) in [6, 6.07) is 5.10. The number of aromatic nitrogens is 1. The number of rotatable bonds is 4. The summed E-state index contributed by atoms with van der Waals surface area (Å²) in [6.45, 7) is 5.85. The Kier molecular flexibility index (Phi) is 4.42. The van der Waals surface area contributed by atoms with E-state index in [9.17, 15) is 0 Å². The predicted molar refractivity (Wildman–Crippen MR) is 86.3 cm³/mol. The molecule has 5 heteroatoms. The topological polar surface area (TPSA) is 55.3 Å². The zero-order valence-electron chi connectivity index (χ0n) is 12.7. The number of piperidine rings is 1. The lowest BCUT2D eigenvalue weighted by atomic mass is 9.96. The van der Waals surface area contributed by atoms with Crippen LogP contribution in [0.25, 0.3) is 10.8 Å². The second-order valence-electron chi connectivity index (χ2n) is 5.84. The standard InChI is InChI=1S/C16H23N3OS/c1-11-5-3-6-13(9-17)19(11)10-14-12(2)20-16(18-14)15-7-4-8-21-15/h4,7-8,11,13H,3,5-6,9-10,17H2,1-2H3. The minimum atomic E-state index is 0.468. The molecule has 0 saturated carbocycles. The molecule has 2 aromatic rings. The summed E-state index contributed by atoms with van der Waals surface area (Å²) in [4.78, 5) is 8.29. The maximum atomic E-state index is 5.95. The average molecular weight is 305 g/mol. The molecule has 3 rings (SSSR count). The first-order valence-corrected chi connectivity index (χ1v) is 8.53. The van der Waals surface area contributed by atoms with Crippen molar-refractivity contribution in [3.8, 4) is 10.8 Å². The Hall–Kier alpha value is -1.17. The Morgan fingerprint density at radius 1 is 1.48 bits per heavy atom. The number of nitrogens with zero attached hydrogens (tertiary/aromatic N) is 2. The molecule has 2 atom stereocenters. The fraction of sp³-hybridized carbons (Fsp3) is 0.562. The quantitative estimate of drug-likeness (QED) is 0.940. The number of nitrogens with two attached hydrogens (primary N) is 1. The number of oxazole rings is 1. The van der Waals surface area contributed by atoms with Crippen LogP contribution in [0.2, 0.25) is 0 Å². The molecular weight excluding hydrogens is 282 g/mol. The number of thiophene rings is 1. The first-order chi connectivity index (χ1) is 10.2. The van der Waals surface area contributed by atoms with Crippen molar-refractivity contribution in [2.24, 2.45) is 5.73 Å². The second kappa shape index (κ2) is 6.30. The molecule has 2 unspecified atom stereocenters. The van der Waals surface area contributed by atoms with Crippen LogP contribution in [0.3, 0.4) is 0 Å². The first-order valence-electron chi connectivity index (χ1n) is 7.65. The number of hydrogen-bond acceptors (Lipinski definition) is 5. The minimum absolute atomic E-state index is 0.468. The van der Waals surface area contributed by atoms with Crippen LogP contribution in [-0.2, 0) is 6.54 Å². The smallest absolute Gasteiger partial charge is 0.236 e. The van der Waals surface area contributed by atoms with E-state index in [1.54, 1.807) is 11.3 Å². The maximum Gasteiger partial charge on any atom is 0.236 e. The lowest BCUT2D eigenvalue weighted by molar-refractivity contribution is 0.0875. The molecule has 1 aliphatic rings. The molecule has 0 spiro atoms. The Morgan fingerprint density at radius 3 is 3.05 bits per heavy atom. The van der Waals surface area contributed by atoms with Crippen LogP contribution in [-0.4, -0.2) is 28.5 Å². The van der Waals surface area contributed by atoms with Crippen molar-refractivity contribution in [3.63, 3.8) is 0 Å². The van der Waals surface area contributed by atoms with Crippen LogP contribution in [0, 0.1) is 6.92 Å². The Balaban J connectivity index is 1.80. The summed E-state index contributed by atoms with van der Waals surface area (Å²) < 4.78 is 5.85. The summed E-state index contributed by atoms with van der Waals surface area (Å²) in [5, 5.41) is 2.05. The van der Waals surface area contributed by atoms with Gasteiger partial charge in [0.25, 0.3) is 0 Å². The highest BCUT2D eigenvalue weighted by molar-refractivity contribution is 7.13. The molecule has 3 heterocycles. The highest BCUT2D eigenvalue weighted by Crippen LogP contribution is 2.29. The van der Waals surface area contributed by atoms with Crippen molar-refractivity contribution in [2.45, 2.75) is 51.7 Å². The van der Waals surface area contributed by atoms with Crippen LogP contribution in [0.5, 0.6) is 0 Å². The van der Waals surface area contributed by atoms with Crippen molar-refractivity contribution in [1.82, 2.24) is 9.88 Å². The molecule has 0 bridgehead atoms. The molecule has 114 valence electrons. The van der Waals surface area contributed by atoms with Crippen molar-refractivity contribution < 1.29 is 4.42 Å². The van der Waals surface area contributed by atoms with E-state index in [0.29, 0.717) is 12.1 Å². The van der Waals surface area contributed by atoms with Gasteiger partial charge in [0.1, 0.15) is 5.76 Å². The van der Waals surface area contributed by atoms with Gasteiger partial charge in [-0.15, -0.1) is 11.3 Å². The van der Waals surface area contributed by atoms with E-state index in [1.807, 2.05) is 24.4 Å². The highest BCUT2D eigenvalue weighted by Gasteiger charge is 2.28. The zero-order valence-corrected chi connectivity index (χ0v) is 13.5.